The summed E-state index contributed by atoms with van der Waals surface area (Å²) in [6, 6.07) is 6.87. The average molecular weight is 269 g/mol. The Balaban J connectivity index is 1.96. The molecular weight excluding hydrogens is 250 g/mol. The lowest BCUT2D eigenvalue weighted by Gasteiger charge is -2.16. The highest BCUT2D eigenvalue weighted by molar-refractivity contribution is 5.96. The number of carbonyl (C=O) groups is 1. The number of benzene rings is 1. The van der Waals surface area contributed by atoms with Gasteiger partial charge >= 0.3 is 0 Å². The van der Waals surface area contributed by atoms with E-state index in [2.05, 4.69) is 22.2 Å². The van der Waals surface area contributed by atoms with Crippen LogP contribution in [0.15, 0.2) is 41.5 Å². The van der Waals surface area contributed by atoms with Gasteiger partial charge in [0.2, 0.25) is 0 Å². The maximum absolute atomic E-state index is 12.3. The van der Waals surface area contributed by atoms with Gasteiger partial charge in [0.15, 0.2) is 5.78 Å². The van der Waals surface area contributed by atoms with E-state index >= 15 is 0 Å². The second-order valence-corrected chi connectivity index (χ2v) is 5.21. The number of ketones is 1. The molecule has 1 aromatic carbocycles. The lowest BCUT2D eigenvalue weighted by Crippen LogP contribution is -2.09. The van der Waals surface area contributed by atoms with Crippen LogP contribution in [0.5, 0.6) is 0 Å². The molecule has 0 radical (unpaired) electrons. The molecule has 4 heteroatoms. The van der Waals surface area contributed by atoms with E-state index in [9.17, 15) is 4.79 Å². The standard InChI is InChI=1S/C16H19N3O/c17-19-18-15-10-8-14(9-11-15)16(20)12-13-6-4-2-1-3-5-7-13/h1-2,8-11,13H,3-7,12H2/b2-1-. The molecule has 0 aromatic heterocycles. The lowest BCUT2D eigenvalue weighted by atomic mass is 9.88. The van der Waals surface area contributed by atoms with Crippen LogP contribution < -0.4 is 0 Å². The van der Waals surface area contributed by atoms with Gasteiger partial charge in [0.1, 0.15) is 0 Å². The maximum Gasteiger partial charge on any atom is 0.163 e. The van der Waals surface area contributed by atoms with Crippen molar-refractivity contribution in [3.8, 4) is 0 Å². The van der Waals surface area contributed by atoms with Crippen molar-refractivity contribution in [3.05, 3.63) is 52.4 Å². The first-order chi connectivity index (χ1) is 9.79. The Labute approximate surface area is 119 Å². The Bertz CT molecular complexity index is 527. The number of carbonyl (C=O) groups excluding carboxylic acids is 1. The normalized spacial score (nSPS) is 20.3. The van der Waals surface area contributed by atoms with Crippen LogP contribution in [0.25, 0.3) is 10.4 Å². The van der Waals surface area contributed by atoms with Crippen molar-refractivity contribution in [2.24, 2.45) is 11.0 Å². The van der Waals surface area contributed by atoms with Gasteiger partial charge in [-0.2, -0.15) is 0 Å². The Morgan fingerprint density at radius 3 is 2.70 bits per heavy atom. The molecule has 1 aliphatic carbocycles. The number of Topliss-reactive ketones (excluding diaryl/α,β-unsaturated/α-hetero) is 1. The Hall–Kier alpha value is -2.06. The highest BCUT2D eigenvalue weighted by Crippen LogP contribution is 2.24. The van der Waals surface area contributed by atoms with Gasteiger partial charge in [0.25, 0.3) is 0 Å². The average Bonchev–Trinajstić information content (AvgIpc) is 2.43. The number of nitrogens with zero attached hydrogens (tertiary/aromatic N) is 3. The van der Waals surface area contributed by atoms with Gasteiger partial charge in [-0.25, -0.2) is 0 Å². The van der Waals surface area contributed by atoms with Crippen molar-refractivity contribution in [2.75, 3.05) is 0 Å². The Morgan fingerprint density at radius 1 is 1.20 bits per heavy atom. The fourth-order valence-corrected chi connectivity index (χ4v) is 2.59. The molecule has 1 unspecified atom stereocenters. The van der Waals surface area contributed by atoms with E-state index < -0.39 is 0 Å². The summed E-state index contributed by atoms with van der Waals surface area (Å²) in [4.78, 5) is 15.0. The largest absolute Gasteiger partial charge is 0.294 e. The van der Waals surface area contributed by atoms with Gasteiger partial charge < -0.3 is 0 Å². The van der Waals surface area contributed by atoms with Crippen LogP contribution in [0, 0.1) is 5.92 Å². The lowest BCUT2D eigenvalue weighted by molar-refractivity contribution is 0.0956. The summed E-state index contributed by atoms with van der Waals surface area (Å²) in [7, 11) is 0. The first kappa shape index (κ1) is 14.4. The summed E-state index contributed by atoms with van der Waals surface area (Å²) in [5, 5.41) is 3.51. The fourth-order valence-electron chi connectivity index (χ4n) is 2.59. The molecule has 0 amide bonds. The molecule has 0 saturated carbocycles. The number of hydrogen-bond acceptors (Lipinski definition) is 2. The fraction of sp³-hybridized carbons (Fsp3) is 0.438. The molecule has 0 spiro atoms. The van der Waals surface area contributed by atoms with E-state index in [1.807, 2.05) is 0 Å². The monoisotopic (exact) mass is 269 g/mol. The summed E-state index contributed by atoms with van der Waals surface area (Å²) in [5.74, 6) is 0.677. The van der Waals surface area contributed by atoms with Crippen LogP contribution in [0.2, 0.25) is 0 Å². The molecular formula is C16H19N3O. The third-order valence-electron chi connectivity index (χ3n) is 3.71. The molecule has 20 heavy (non-hydrogen) atoms. The predicted octanol–water partition coefficient (Wildman–Crippen LogP) is 5.34. The van der Waals surface area contributed by atoms with Gasteiger partial charge in [0.05, 0.1) is 0 Å². The van der Waals surface area contributed by atoms with Crippen LogP contribution in [-0.2, 0) is 0 Å². The smallest absolute Gasteiger partial charge is 0.163 e. The van der Waals surface area contributed by atoms with Gasteiger partial charge in [0, 0.05) is 22.6 Å². The maximum atomic E-state index is 12.3. The van der Waals surface area contributed by atoms with Gasteiger partial charge in [-0.3, -0.25) is 4.79 Å². The highest BCUT2D eigenvalue weighted by atomic mass is 16.1. The number of rotatable bonds is 4. The summed E-state index contributed by atoms with van der Waals surface area (Å²) < 4.78 is 0. The van der Waals surface area contributed by atoms with Crippen molar-refractivity contribution in [2.45, 2.75) is 38.5 Å². The van der Waals surface area contributed by atoms with E-state index in [0.29, 0.717) is 23.6 Å². The van der Waals surface area contributed by atoms with Crippen LogP contribution in [0.3, 0.4) is 0 Å². The number of azide groups is 1. The van der Waals surface area contributed by atoms with E-state index in [-0.39, 0.29) is 5.78 Å². The van der Waals surface area contributed by atoms with Crippen LogP contribution in [-0.4, -0.2) is 5.78 Å². The Kier molecular flexibility index (Phi) is 5.39. The second-order valence-electron chi connectivity index (χ2n) is 5.21. The van der Waals surface area contributed by atoms with E-state index in [1.54, 1.807) is 24.3 Å². The minimum atomic E-state index is 0.187. The molecule has 0 saturated heterocycles. The molecule has 104 valence electrons. The zero-order valence-corrected chi connectivity index (χ0v) is 11.5. The molecule has 2 rings (SSSR count). The third-order valence-corrected chi connectivity index (χ3v) is 3.71. The topological polar surface area (TPSA) is 65.8 Å². The zero-order chi connectivity index (χ0) is 14.2. The van der Waals surface area contributed by atoms with Crippen molar-refractivity contribution < 1.29 is 4.79 Å². The molecule has 4 nitrogen and oxygen atoms in total. The third kappa shape index (κ3) is 4.25. The summed E-state index contributed by atoms with van der Waals surface area (Å²) in [6.45, 7) is 0. The number of allylic oxidation sites excluding steroid dienone is 2. The SMILES string of the molecule is [N-]=[N+]=Nc1ccc(C(=O)CC2CC/C=C\CCC2)cc1. The highest BCUT2D eigenvalue weighted by Gasteiger charge is 2.15. The zero-order valence-electron chi connectivity index (χ0n) is 11.5. The predicted molar refractivity (Wildman–Crippen MR) is 79.9 cm³/mol. The molecule has 1 aromatic rings. The Morgan fingerprint density at radius 2 is 1.95 bits per heavy atom. The minimum Gasteiger partial charge on any atom is -0.294 e. The van der Waals surface area contributed by atoms with Gasteiger partial charge in [-0.15, -0.1) is 0 Å². The second kappa shape index (κ2) is 7.51. The first-order valence-corrected chi connectivity index (χ1v) is 7.13. The summed E-state index contributed by atoms with van der Waals surface area (Å²) in [5.41, 5.74) is 9.60. The molecule has 1 aliphatic rings. The van der Waals surface area contributed by atoms with Gasteiger partial charge in [-0.05, 0) is 43.6 Å². The van der Waals surface area contributed by atoms with Crippen LogP contribution >= 0.6 is 0 Å². The van der Waals surface area contributed by atoms with Crippen molar-refractivity contribution >= 4 is 11.5 Å². The quantitative estimate of drug-likeness (QED) is 0.239. The van der Waals surface area contributed by atoms with E-state index in [0.717, 1.165) is 25.7 Å². The molecule has 0 fully saturated rings. The number of hydrogen-bond donors (Lipinski definition) is 0. The van der Waals surface area contributed by atoms with Crippen LogP contribution in [0.1, 0.15) is 48.9 Å². The molecule has 0 N–H and O–H groups in total. The minimum absolute atomic E-state index is 0.187. The van der Waals surface area contributed by atoms with Crippen molar-refractivity contribution in [1.82, 2.24) is 0 Å². The summed E-state index contributed by atoms with van der Waals surface area (Å²) in [6.07, 6.45) is 10.7. The molecule has 0 bridgehead atoms. The molecule has 0 aliphatic heterocycles. The first-order valence-electron chi connectivity index (χ1n) is 7.13. The van der Waals surface area contributed by atoms with Crippen molar-refractivity contribution in [1.29, 1.82) is 0 Å². The van der Waals surface area contributed by atoms with Crippen LogP contribution in [0.4, 0.5) is 5.69 Å². The molecule has 0 heterocycles. The van der Waals surface area contributed by atoms with Gasteiger partial charge in [-0.1, -0.05) is 41.5 Å². The molecule has 1 atom stereocenters. The van der Waals surface area contributed by atoms with Crippen molar-refractivity contribution in [3.63, 3.8) is 0 Å². The summed E-state index contributed by atoms with van der Waals surface area (Å²) >= 11 is 0. The van der Waals surface area contributed by atoms with E-state index in [4.69, 9.17) is 5.53 Å². The van der Waals surface area contributed by atoms with E-state index in [1.165, 1.54) is 6.42 Å².